The average molecular weight is 275 g/mol. The van der Waals surface area contributed by atoms with Crippen LogP contribution in [0.4, 0.5) is 0 Å². The smallest absolute Gasteiger partial charge is 0.180 e. The minimum atomic E-state index is -0.0296. The Morgan fingerprint density at radius 3 is 2.33 bits per heavy atom. The third-order valence-corrected chi connectivity index (χ3v) is 4.18. The lowest BCUT2D eigenvalue weighted by Crippen LogP contribution is -1.86. The lowest BCUT2D eigenvalue weighted by Gasteiger charge is -1.96. The Kier molecular flexibility index (Phi) is 6.34. The fourth-order valence-electron chi connectivity index (χ4n) is 1.21. The highest BCUT2D eigenvalue weighted by Gasteiger charge is 1.96. The van der Waals surface area contributed by atoms with Gasteiger partial charge in [0.15, 0.2) is 5.78 Å². The Morgan fingerprint density at radius 1 is 1.22 bits per heavy atom. The minimum Gasteiger partial charge on any atom is -0.290 e. The van der Waals surface area contributed by atoms with Gasteiger partial charge in [0, 0.05) is 10.3 Å². The summed E-state index contributed by atoms with van der Waals surface area (Å²) in [5.41, 5.74) is 1.52. The number of thioether (sulfide) groups is 2. The maximum Gasteiger partial charge on any atom is 0.180 e. The topological polar surface area (TPSA) is 40.9 Å². The molecule has 0 radical (unpaired) electrons. The van der Waals surface area contributed by atoms with Gasteiger partial charge in [-0.1, -0.05) is 18.2 Å². The van der Waals surface area contributed by atoms with Gasteiger partial charge >= 0.3 is 0 Å². The molecule has 0 amide bonds. The Balaban J connectivity index is 2.72. The Morgan fingerprint density at radius 2 is 1.83 bits per heavy atom. The van der Waals surface area contributed by atoms with E-state index in [4.69, 9.17) is 5.26 Å². The van der Waals surface area contributed by atoms with E-state index in [1.165, 1.54) is 6.08 Å². The van der Waals surface area contributed by atoms with Crippen molar-refractivity contribution < 1.29 is 4.79 Å². The van der Waals surface area contributed by atoms with Crippen molar-refractivity contribution in [3.05, 3.63) is 51.8 Å². The summed E-state index contributed by atoms with van der Waals surface area (Å²) in [5.74, 6) is -0.0296. The van der Waals surface area contributed by atoms with E-state index in [1.807, 2.05) is 24.6 Å². The number of carbonyl (C=O) groups is 1. The van der Waals surface area contributed by atoms with E-state index in [0.29, 0.717) is 5.56 Å². The molecule has 0 N–H and O–H groups in total. The van der Waals surface area contributed by atoms with E-state index in [2.05, 4.69) is 6.07 Å². The fourth-order valence-corrected chi connectivity index (χ4v) is 2.35. The normalized spacial score (nSPS) is 10.1. The SMILES string of the molecule is CSC(=CC(=O)/C=C/c1ccc(C#N)cc1)SC. The number of rotatable bonds is 5. The first-order valence-corrected chi connectivity index (χ1v) is 7.66. The summed E-state index contributed by atoms with van der Waals surface area (Å²) in [5, 5.41) is 8.67. The van der Waals surface area contributed by atoms with Crippen molar-refractivity contribution in [2.24, 2.45) is 0 Å². The summed E-state index contributed by atoms with van der Waals surface area (Å²) in [6.45, 7) is 0. The number of hydrogen-bond donors (Lipinski definition) is 0. The second kappa shape index (κ2) is 7.80. The molecule has 1 rings (SSSR count). The molecular weight excluding hydrogens is 262 g/mol. The summed E-state index contributed by atoms with van der Waals surface area (Å²) in [6.07, 6.45) is 8.79. The zero-order valence-corrected chi connectivity index (χ0v) is 11.8. The lowest BCUT2D eigenvalue weighted by molar-refractivity contribution is -0.110. The van der Waals surface area contributed by atoms with Crippen molar-refractivity contribution in [1.29, 1.82) is 5.26 Å². The van der Waals surface area contributed by atoms with Crippen molar-refractivity contribution in [3.63, 3.8) is 0 Å². The van der Waals surface area contributed by atoms with Crippen molar-refractivity contribution >= 4 is 35.4 Å². The van der Waals surface area contributed by atoms with Gasteiger partial charge in [0.2, 0.25) is 0 Å². The number of nitrogens with zero attached hydrogens (tertiary/aromatic N) is 1. The number of benzene rings is 1. The zero-order valence-electron chi connectivity index (χ0n) is 10.2. The first kappa shape index (κ1) is 14.6. The maximum atomic E-state index is 11.6. The van der Waals surface area contributed by atoms with Crippen LogP contribution in [0.1, 0.15) is 11.1 Å². The van der Waals surface area contributed by atoms with E-state index in [0.717, 1.165) is 9.80 Å². The van der Waals surface area contributed by atoms with Gasteiger partial charge < -0.3 is 0 Å². The number of carbonyl (C=O) groups excluding carboxylic acids is 1. The quantitative estimate of drug-likeness (QED) is 0.768. The number of hydrogen-bond acceptors (Lipinski definition) is 4. The summed E-state index contributed by atoms with van der Waals surface area (Å²) in [4.78, 5) is 11.6. The van der Waals surface area contributed by atoms with Crippen molar-refractivity contribution in [2.45, 2.75) is 0 Å². The van der Waals surface area contributed by atoms with Crippen LogP contribution in [0.15, 0.2) is 40.7 Å². The predicted molar refractivity (Wildman–Crippen MR) is 80.3 cm³/mol. The molecule has 0 heterocycles. The van der Waals surface area contributed by atoms with Crippen LogP contribution in [0.25, 0.3) is 6.08 Å². The van der Waals surface area contributed by atoms with Crippen LogP contribution >= 0.6 is 23.5 Å². The van der Waals surface area contributed by atoms with Crippen LogP contribution in [0, 0.1) is 11.3 Å². The van der Waals surface area contributed by atoms with Gasteiger partial charge in [-0.25, -0.2) is 0 Å². The number of allylic oxidation sites excluding steroid dienone is 2. The van der Waals surface area contributed by atoms with Crippen LogP contribution in [0.5, 0.6) is 0 Å². The monoisotopic (exact) mass is 275 g/mol. The number of ketones is 1. The Bertz CT molecular complexity index is 504. The molecule has 1 aromatic rings. The molecule has 1 aromatic carbocycles. The molecule has 0 aliphatic rings. The molecule has 0 unspecified atom stereocenters. The first-order valence-electron chi connectivity index (χ1n) is 5.21. The second-order valence-corrected chi connectivity index (χ2v) is 5.30. The molecule has 0 bridgehead atoms. The molecule has 2 nitrogen and oxygen atoms in total. The molecule has 0 aromatic heterocycles. The van der Waals surface area contributed by atoms with E-state index in [1.54, 1.807) is 47.8 Å². The van der Waals surface area contributed by atoms with Crippen molar-refractivity contribution in [2.75, 3.05) is 12.5 Å². The van der Waals surface area contributed by atoms with Crippen LogP contribution in [-0.4, -0.2) is 18.3 Å². The van der Waals surface area contributed by atoms with E-state index in [9.17, 15) is 4.79 Å². The molecule has 0 saturated heterocycles. The molecule has 4 heteroatoms. The third-order valence-electron chi connectivity index (χ3n) is 2.14. The highest BCUT2D eigenvalue weighted by Crippen LogP contribution is 2.23. The lowest BCUT2D eigenvalue weighted by atomic mass is 10.1. The van der Waals surface area contributed by atoms with Gasteiger partial charge in [-0.3, -0.25) is 4.79 Å². The molecule has 0 aliphatic heterocycles. The number of nitriles is 1. The third kappa shape index (κ3) is 4.82. The summed E-state index contributed by atoms with van der Waals surface area (Å²) in [6, 6.07) is 9.15. The van der Waals surface area contributed by atoms with Crippen LogP contribution in [-0.2, 0) is 4.79 Å². The van der Waals surface area contributed by atoms with Gasteiger partial charge in [0.25, 0.3) is 0 Å². The molecule has 92 valence electrons. The molecule has 0 aliphatic carbocycles. The van der Waals surface area contributed by atoms with E-state index < -0.39 is 0 Å². The average Bonchev–Trinajstić information content (AvgIpc) is 2.43. The summed E-state index contributed by atoms with van der Waals surface area (Å²) in [7, 11) is 0. The Hall–Kier alpha value is -1.44. The molecule has 0 atom stereocenters. The molecule has 0 fully saturated rings. The highest BCUT2D eigenvalue weighted by atomic mass is 32.2. The van der Waals surface area contributed by atoms with Gasteiger partial charge in [0.1, 0.15) is 0 Å². The molecule has 0 saturated carbocycles. The van der Waals surface area contributed by atoms with Gasteiger partial charge in [-0.2, -0.15) is 5.26 Å². The molecular formula is C14H13NOS2. The largest absolute Gasteiger partial charge is 0.290 e. The van der Waals surface area contributed by atoms with Gasteiger partial charge in [-0.05, 0) is 36.3 Å². The van der Waals surface area contributed by atoms with Crippen LogP contribution in [0.3, 0.4) is 0 Å². The van der Waals surface area contributed by atoms with E-state index >= 15 is 0 Å². The van der Waals surface area contributed by atoms with Gasteiger partial charge in [0.05, 0.1) is 11.6 Å². The van der Waals surface area contributed by atoms with Crippen molar-refractivity contribution in [1.82, 2.24) is 0 Å². The minimum absolute atomic E-state index is 0.0296. The molecule has 18 heavy (non-hydrogen) atoms. The fraction of sp³-hybridized carbons (Fsp3) is 0.143. The standard InChI is InChI=1S/C14H13NOS2/c1-17-14(18-2)9-13(16)8-7-11-3-5-12(10-15)6-4-11/h3-9H,1-2H3/b8-7+. The summed E-state index contributed by atoms with van der Waals surface area (Å²) >= 11 is 3.12. The highest BCUT2D eigenvalue weighted by molar-refractivity contribution is 8.21. The summed E-state index contributed by atoms with van der Waals surface area (Å²) < 4.78 is 0.990. The molecule has 0 spiro atoms. The first-order chi connectivity index (χ1) is 8.69. The predicted octanol–water partition coefficient (Wildman–Crippen LogP) is 3.71. The van der Waals surface area contributed by atoms with E-state index in [-0.39, 0.29) is 5.78 Å². The van der Waals surface area contributed by atoms with Gasteiger partial charge in [-0.15, -0.1) is 23.5 Å². The van der Waals surface area contributed by atoms with Crippen LogP contribution < -0.4 is 0 Å². The second-order valence-electron chi connectivity index (χ2n) is 3.34. The van der Waals surface area contributed by atoms with Crippen molar-refractivity contribution in [3.8, 4) is 6.07 Å². The maximum absolute atomic E-state index is 11.6. The Labute approximate surface area is 116 Å². The zero-order chi connectivity index (χ0) is 13.4. The van der Waals surface area contributed by atoms with Crippen LogP contribution in [0.2, 0.25) is 0 Å².